The number of aldehydes is 1. The molecule has 0 unspecified atom stereocenters. The molecule has 108 valence electrons. The van der Waals surface area contributed by atoms with Crippen LogP contribution in [0.5, 0.6) is 0 Å². The number of carbonyl (C=O) groups is 3. The van der Waals surface area contributed by atoms with E-state index in [1.54, 1.807) is 11.8 Å². The molecular weight excluding hydrogens is 342 g/mol. The van der Waals surface area contributed by atoms with Gasteiger partial charge in [-0.25, -0.2) is 0 Å². The van der Waals surface area contributed by atoms with Crippen LogP contribution in [0.15, 0.2) is 41.9 Å². The highest BCUT2D eigenvalue weighted by Gasteiger charge is 2.11. The van der Waals surface area contributed by atoms with Gasteiger partial charge in [0.25, 0.3) is 0 Å². The summed E-state index contributed by atoms with van der Waals surface area (Å²) in [6.07, 6.45) is 2.24. The zero-order valence-corrected chi connectivity index (χ0v) is 13.6. The van der Waals surface area contributed by atoms with Crippen LogP contribution < -0.4 is 0 Å². The molecule has 0 bridgehead atoms. The van der Waals surface area contributed by atoms with Crippen LogP contribution in [0.2, 0.25) is 0 Å². The molecule has 1 aliphatic rings. The summed E-state index contributed by atoms with van der Waals surface area (Å²) in [7, 11) is 0. The first kappa shape index (κ1) is 18.6. The lowest BCUT2D eigenvalue weighted by atomic mass is 10.1. The number of carbonyl (C=O) groups excluding carboxylic acids is 3. The summed E-state index contributed by atoms with van der Waals surface area (Å²) in [4.78, 5) is 32.3. The van der Waals surface area contributed by atoms with Gasteiger partial charge >= 0.3 is 0 Å². The fourth-order valence-corrected chi connectivity index (χ4v) is 2.02. The second-order valence-corrected chi connectivity index (χ2v) is 4.71. The zero-order chi connectivity index (χ0) is 14.1. The third-order valence-corrected chi connectivity index (χ3v) is 3.01. The first-order valence-corrected chi connectivity index (χ1v) is 6.74. The van der Waals surface area contributed by atoms with Crippen molar-refractivity contribution in [1.29, 1.82) is 0 Å². The quantitative estimate of drug-likeness (QED) is 0.471. The summed E-state index contributed by atoms with van der Waals surface area (Å²) < 4.78 is 0. The van der Waals surface area contributed by atoms with E-state index in [0.717, 1.165) is 11.4 Å². The van der Waals surface area contributed by atoms with Crippen LogP contribution in [0.25, 0.3) is 0 Å². The fourth-order valence-electron chi connectivity index (χ4n) is 1.31. The van der Waals surface area contributed by atoms with Gasteiger partial charge in [-0.15, -0.1) is 28.7 Å². The van der Waals surface area contributed by atoms with Crippen molar-refractivity contribution in [3.63, 3.8) is 0 Å². The topological polar surface area (TPSA) is 54.5 Å². The smallest absolute Gasteiger partial charge is 0.192 e. The third-order valence-electron chi connectivity index (χ3n) is 2.22. The summed E-state index contributed by atoms with van der Waals surface area (Å²) >= 11 is 1.71. The van der Waals surface area contributed by atoms with Crippen molar-refractivity contribution in [2.24, 2.45) is 0 Å². The molecule has 4 nitrogen and oxygen atoms in total. The van der Waals surface area contributed by atoms with Gasteiger partial charge in [-0.2, -0.15) is 0 Å². The van der Waals surface area contributed by atoms with Crippen molar-refractivity contribution in [2.75, 3.05) is 12.4 Å². The molecule has 2 rings (SSSR count). The Labute approximate surface area is 133 Å². The number of hydrogen-bond donors (Lipinski definition) is 0. The minimum atomic E-state index is -0.426. The number of thioether (sulfide) groups is 1. The van der Waals surface area contributed by atoms with Crippen molar-refractivity contribution >= 4 is 46.6 Å². The summed E-state index contributed by atoms with van der Waals surface area (Å²) in [6, 6.07) is 9.41. The largest absolute Gasteiger partial charge is 0.360 e. The molecule has 0 aliphatic carbocycles. The van der Waals surface area contributed by atoms with Gasteiger partial charge in [-0.1, -0.05) is 30.3 Å². The molecule has 0 atom stereocenters. The van der Waals surface area contributed by atoms with E-state index in [1.807, 2.05) is 46.8 Å². The van der Waals surface area contributed by atoms with E-state index < -0.39 is 5.78 Å². The van der Waals surface area contributed by atoms with Crippen LogP contribution in [0.4, 0.5) is 0 Å². The first-order chi connectivity index (χ1) is 9.13. The number of halogens is 1. The predicted octanol–water partition coefficient (Wildman–Crippen LogP) is 2.70. The molecule has 1 aromatic rings. The maximum absolute atomic E-state index is 11.7. The summed E-state index contributed by atoms with van der Waals surface area (Å²) in [5.41, 5.74) is 0.790. The van der Waals surface area contributed by atoms with E-state index in [-0.39, 0.29) is 29.1 Å². The Kier molecular flexibility index (Phi) is 9.67. The van der Waals surface area contributed by atoms with Crippen molar-refractivity contribution in [3.05, 3.63) is 47.5 Å². The van der Waals surface area contributed by atoms with E-state index in [0.29, 0.717) is 6.54 Å². The van der Waals surface area contributed by atoms with Crippen LogP contribution in [0, 0.1) is 0 Å². The van der Waals surface area contributed by atoms with Crippen LogP contribution in [-0.4, -0.2) is 35.2 Å². The number of ketones is 2. The number of hydrogen-bond acceptors (Lipinski definition) is 5. The van der Waals surface area contributed by atoms with Crippen LogP contribution in [-0.2, 0) is 9.59 Å². The molecular formula is C14H16BrNO3S. The monoisotopic (exact) mass is 357 g/mol. The average Bonchev–Trinajstić information content (AvgIpc) is 2.93. The van der Waals surface area contributed by atoms with Crippen molar-refractivity contribution < 1.29 is 14.4 Å². The Bertz CT molecular complexity index is 477. The van der Waals surface area contributed by atoms with Gasteiger partial charge in [0.1, 0.15) is 0 Å². The molecule has 0 aromatic heterocycles. The summed E-state index contributed by atoms with van der Waals surface area (Å²) in [6.45, 7) is 1.69. The first-order valence-electron chi connectivity index (χ1n) is 5.70. The molecule has 0 N–H and O–H groups in total. The Hall–Kier alpha value is -1.40. The molecule has 0 radical (unpaired) electrons. The minimum absolute atomic E-state index is 0. The Balaban J connectivity index is 0.000000526. The standard InChI is InChI=1S/C11H11NOS.C3H4O2.BrH/c13-11(8-12-6-7-14-9-12)10-4-2-1-3-5-10;1-3(5)2-4;/h1-7H,8-9H2;2H,1H3;1H. The van der Waals surface area contributed by atoms with Gasteiger partial charge in [0.15, 0.2) is 17.9 Å². The number of rotatable bonds is 4. The maximum atomic E-state index is 11.7. The van der Waals surface area contributed by atoms with Gasteiger partial charge < -0.3 is 4.90 Å². The summed E-state index contributed by atoms with van der Waals surface area (Å²) in [5, 5.41) is 2.01. The Morgan fingerprint density at radius 1 is 1.30 bits per heavy atom. The predicted molar refractivity (Wildman–Crippen MR) is 86.1 cm³/mol. The van der Waals surface area contributed by atoms with E-state index in [2.05, 4.69) is 0 Å². The van der Waals surface area contributed by atoms with Crippen LogP contribution in [0.1, 0.15) is 17.3 Å². The zero-order valence-electron chi connectivity index (χ0n) is 11.0. The number of nitrogens with zero attached hydrogens (tertiary/aromatic N) is 1. The summed E-state index contributed by atoms with van der Waals surface area (Å²) in [5.74, 6) is 0.640. The lowest BCUT2D eigenvalue weighted by Gasteiger charge is -2.12. The third kappa shape index (κ3) is 7.25. The van der Waals surface area contributed by atoms with E-state index in [1.165, 1.54) is 6.92 Å². The van der Waals surface area contributed by atoms with E-state index >= 15 is 0 Å². The van der Waals surface area contributed by atoms with Gasteiger partial charge in [-0.3, -0.25) is 14.4 Å². The number of benzene rings is 1. The lowest BCUT2D eigenvalue weighted by molar-refractivity contribution is -0.128. The highest BCUT2D eigenvalue weighted by Crippen LogP contribution is 2.15. The second-order valence-electron chi connectivity index (χ2n) is 3.85. The van der Waals surface area contributed by atoms with Gasteiger partial charge in [0.05, 0.1) is 12.4 Å². The second kappa shape index (κ2) is 10.4. The molecule has 6 heteroatoms. The van der Waals surface area contributed by atoms with Crippen molar-refractivity contribution in [1.82, 2.24) is 4.90 Å². The Morgan fingerprint density at radius 2 is 1.90 bits per heavy atom. The average molecular weight is 358 g/mol. The number of Topliss-reactive ketones (excluding diaryl/α,β-unsaturated/α-hetero) is 2. The van der Waals surface area contributed by atoms with Gasteiger partial charge in [-0.05, 0) is 5.41 Å². The van der Waals surface area contributed by atoms with Crippen LogP contribution >= 0.6 is 28.7 Å². The molecule has 0 spiro atoms. The highest BCUT2D eigenvalue weighted by molar-refractivity contribution is 8.93. The highest BCUT2D eigenvalue weighted by atomic mass is 79.9. The molecule has 0 saturated heterocycles. The minimum Gasteiger partial charge on any atom is -0.360 e. The molecule has 1 aromatic carbocycles. The molecule has 1 heterocycles. The van der Waals surface area contributed by atoms with Gasteiger partial charge in [0, 0.05) is 18.7 Å². The SMILES string of the molecule is Br.CC(=O)C=O.O=C(CN1C=CSC1)c1ccccc1. The Morgan fingerprint density at radius 3 is 2.35 bits per heavy atom. The maximum Gasteiger partial charge on any atom is 0.192 e. The normalized spacial score (nSPS) is 11.9. The van der Waals surface area contributed by atoms with Gasteiger partial charge in [0.2, 0.25) is 0 Å². The van der Waals surface area contributed by atoms with Crippen molar-refractivity contribution in [3.8, 4) is 0 Å². The molecule has 0 saturated carbocycles. The van der Waals surface area contributed by atoms with Crippen LogP contribution in [0.3, 0.4) is 0 Å². The fraction of sp³-hybridized carbons (Fsp3) is 0.214. The lowest BCUT2D eigenvalue weighted by Crippen LogP contribution is -2.22. The molecule has 20 heavy (non-hydrogen) atoms. The molecule has 0 fully saturated rings. The van der Waals surface area contributed by atoms with E-state index in [9.17, 15) is 9.59 Å². The molecule has 1 aliphatic heterocycles. The van der Waals surface area contributed by atoms with E-state index in [4.69, 9.17) is 4.79 Å². The molecule has 0 amide bonds. The van der Waals surface area contributed by atoms with Crippen molar-refractivity contribution in [2.45, 2.75) is 6.92 Å².